The maximum absolute atomic E-state index is 12.7. The van der Waals surface area contributed by atoms with E-state index in [0.29, 0.717) is 5.56 Å². The fourth-order valence-electron chi connectivity index (χ4n) is 3.24. The maximum atomic E-state index is 12.7. The van der Waals surface area contributed by atoms with E-state index in [1.165, 1.54) is 5.56 Å². The van der Waals surface area contributed by atoms with Crippen LogP contribution in [0.4, 0.5) is 0 Å². The summed E-state index contributed by atoms with van der Waals surface area (Å²) in [5.74, 6) is -0.749. The van der Waals surface area contributed by atoms with Gasteiger partial charge in [0.1, 0.15) is 0 Å². The number of rotatable bonds is 7. The van der Waals surface area contributed by atoms with Crippen LogP contribution in [-0.2, 0) is 26.8 Å². The van der Waals surface area contributed by atoms with Crippen LogP contribution in [0.2, 0.25) is 0 Å². The molecule has 1 amide bonds. The molecule has 0 radical (unpaired) electrons. The number of nitrogens with one attached hydrogen (secondary N) is 1. The lowest BCUT2D eigenvalue weighted by Gasteiger charge is -2.25. The highest BCUT2D eigenvalue weighted by atomic mass is 16.5. The van der Waals surface area contributed by atoms with Crippen molar-refractivity contribution in [2.45, 2.75) is 78.2 Å². The van der Waals surface area contributed by atoms with E-state index in [1.54, 1.807) is 0 Å². The van der Waals surface area contributed by atoms with Gasteiger partial charge in [0.15, 0.2) is 6.61 Å². The van der Waals surface area contributed by atoms with Gasteiger partial charge in [-0.1, -0.05) is 77.9 Å². The number of amides is 1. The zero-order chi connectivity index (χ0) is 23.2. The lowest BCUT2D eigenvalue weighted by atomic mass is 9.79. The van der Waals surface area contributed by atoms with Gasteiger partial charge in [-0.05, 0) is 59.4 Å². The van der Waals surface area contributed by atoms with Crippen molar-refractivity contribution in [3.63, 3.8) is 0 Å². The molecule has 0 saturated carbocycles. The van der Waals surface area contributed by atoms with Crippen LogP contribution in [0.3, 0.4) is 0 Å². The second kappa shape index (κ2) is 10.1. The normalized spacial score (nSPS) is 12.9. The summed E-state index contributed by atoms with van der Waals surface area (Å²) in [4.78, 5) is 25.0. The number of ether oxygens (including phenoxy) is 1. The molecule has 0 spiro atoms. The molecule has 0 heterocycles. The first-order valence-electron chi connectivity index (χ1n) is 11.0. The summed E-state index contributed by atoms with van der Waals surface area (Å²) in [5, 5.41) is 2.91. The molecule has 2 aromatic carbocycles. The van der Waals surface area contributed by atoms with Gasteiger partial charge < -0.3 is 10.1 Å². The summed E-state index contributed by atoms with van der Waals surface area (Å²) in [5.41, 5.74) is 3.69. The predicted octanol–water partition coefficient (Wildman–Crippen LogP) is 5.58. The molecule has 0 fully saturated rings. The van der Waals surface area contributed by atoms with Crippen LogP contribution in [0.25, 0.3) is 0 Å². The minimum atomic E-state index is -0.469. The first-order valence-corrected chi connectivity index (χ1v) is 11.0. The summed E-state index contributed by atoms with van der Waals surface area (Å²) in [6, 6.07) is 16.1. The van der Waals surface area contributed by atoms with Gasteiger partial charge >= 0.3 is 5.97 Å². The van der Waals surface area contributed by atoms with Crippen molar-refractivity contribution in [2.24, 2.45) is 0 Å². The number of hydrogen-bond donors (Lipinski definition) is 1. The molecule has 1 N–H and O–H groups in total. The Bertz CT molecular complexity index is 857. The van der Waals surface area contributed by atoms with E-state index in [1.807, 2.05) is 37.3 Å². The summed E-state index contributed by atoms with van der Waals surface area (Å²) < 4.78 is 5.34. The molecular weight excluding hydrogens is 386 g/mol. The average Bonchev–Trinajstić information content (AvgIpc) is 2.69. The minimum Gasteiger partial charge on any atom is -0.452 e. The number of carbonyl (C=O) groups is 2. The van der Waals surface area contributed by atoms with E-state index >= 15 is 0 Å². The first-order chi connectivity index (χ1) is 14.4. The quantitative estimate of drug-likeness (QED) is 0.592. The smallest absolute Gasteiger partial charge is 0.338 e. The second-order valence-electron chi connectivity index (χ2n) is 10.4. The van der Waals surface area contributed by atoms with Gasteiger partial charge in [0.2, 0.25) is 0 Å². The molecule has 31 heavy (non-hydrogen) atoms. The Morgan fingerprint density at radius 2 is 1.45 bits per heavy atom. The third-order valence-electron chi connectivity index (χ3n) is 5.35. The van der Waals surface area contributed by atoms with Crippen molar-refractivity contribution >= 4 is 11.9 Å². The lowest BCUT2D eigenvalue weighted by molar-refractivity contribution is -0.124. The first kappa shape index (κ1) is 24.6. The van der Waals surface area contributed by atoms with Gasteiger partial charge in [-0.2, -0.15) is 0 Å². The number of esters is 1. The molecule has 0 unspecified atom stereocenters. The monoisotopic (exact) mass is 423 g/mol. The number of benzene rings is 2. The van der Waals surface area contributed by atoms with Crippen LogP contribution in [0, 0.1) is 0 Å². The molecule has 0 aromatic heterocycles. The molecule has 0 aliphatic rings. The number of hydrogen-bond acceptors (Lipinski definition) is 3. The van der Waals surface area contributed by atoms with Gasteiger partial charge in [-0.3, -0.25) is 4.79 Å². The van der Waals surface area contributed by atoms with E-state index < -0.39 is 5.97 Å². The number of aryl methyl sites for hydroxylation is 1. The Balaban J connectivity index is 1.96. The molecule has 168 valence electrons. The topological polar surface area (TPSA) is 55.4 Å². The summed E-state index contributed by atoms with van der Waals surface area (Å²) >= 11 is 0. The predicted molar refractivity (Wildman–Crippen MR) is 126 cm³/mol. The van der Waals surface area contributed by atoms with Crippen LogP contribution in [-0.4, -0.2) is 24.5 Å². The van der Waals surface area contributed by atoms with Crippen molar-refractivity contribution in [3.8, 4) is 0 Å². The molecule has 1 atom stereocenters. The van der Waals surface area contributed by atoms with Crippen molar-refractivity contribution < 1.29 is 14.3 Å². The van der Waals surface area contributed by atoms with E-state index in [4.69, 9.17) is 4.74 Å². The van der Waals surface area contributed by atoms with Gasteiger partial charge in [-0.25, -0.2) is 4.79 Å². The lowest BCUT2D eigenvalue weighted by Crippen LogP contribution is -2.36. The van der Waals surface area contributed by atoms with Crippen molar-refractivity contribution in [1.82, 2.24) is 5.32 Å². The van der Waals surface area contributed by atoms with Crippen LogP contribution < -0.4 is 5.32 Å². The zero-order valence-corrected chi connectivity index (χ0v) is 20.0. The second-order valence-corrected chi connectivity index (χ2v) is 10.4. The molecule has 0 aliphatic heterocycles. The Labute approximate surface area is 187 Å². The average molecular weight is 424 g/mol. The Hall–Kier alpha value is -2.62. The van der Waals surface area contributed by atoms with Crippen molar-refractivity contribution in [3.05, 3.63) is 70.8 Å². The van der Waals surface area contributed by atoms with Crippen LogP contribution in [0.15, 0.2) is 48.5 Å². The van der Waals surface area contributed by atoms with Crippen LogP contribution in [0.5, 0.6) is 0 Å². The fraction of sp³-hybridized carbons (Fsp3) is 0.481. The van der Waals surface area contributed by atoms with Gasteiger partial charge in [0, 0.05) is 6.04 Å². The molecule has 0 aliphatic carbocycles. The minimum absolute atomic E-state index is 0.00289. The highest BCUT2D eigenvalue weighted by Crippen LogP contribution is 2.30. The molecule has 2 rings (SSSR count). The van der Waals surface area contributed by atoms with E-state index in [2.05, 4.69) is 65.1 Å². The third kappa shape index (κ3) is 7.86. The molecule has 0 bridgehead atoms. The SMILES string of the molecule is C[C@@H](CCc1ccccc1)NC(=O)COC(=O)c1cc(C(C)(C)C)cc(C(C)(C)C)c1. The van der Waals surface area contributed by atoms with Gasteiger partial charge in [0.25, 0.3) is 5.91 Å². The molecule has 2 aromatic rings. The van der Waals surface area contributed by atoms with E-state index in [9.17, 15) is 9.59 Å². The van der Waals surface area contributed by atoms with Gasteiger partial charge in [-0.15, -0.1) is 0 Å². The fourth-order valence-corrected chi connectivity index (χ4v) is 3.24. The molecular formula is C27H37NO3. The van der Waals surface area contributed by atoms with Crippen LogP contribution in [0.1, 0.15) is 81.9 Å². The van der Waals surface area contributed by atoms with E-state index in [0.717, 1.165) is 24.0 Å². The summed E-state index contributed by atoms with van der Waals surface area (Å²) in [6.07, 6.45) is 1.71. The highest BCUT2D eigenvalue weighted by molar-refractivity contribution is 5.92. The van der Waals surface area contributed by atoms with Gasteiger partial charge in [0.05, 0.1) is 5.56 Å². The summed E-state index contributed by atoms with van der Waals surface area (Å²) in [7, 11) is 0. The molecule has 4 heteroatoms. The van der Waals surface area contributed by atoms with Crippen molar-refractivity contribution in [1.29, 1.82) is 0 Å². The number of carbonyl (C=O) groups excluding carboxylic acids is 2. The Kier molecular flexibility index (Phi) is 8.05. The maximum Gasteiger partial charge on any atom is 0.338 e. The Morgan fingerprint density at radius 3 is 1.97 bits per heavy atom. The van der Waals surface area contributed by atoms with E-state index in [-0.39, 0.29) is 29.4 Å². The molecule has 4 nitrogen and oxygen atoms in total. The Morgan fingerprint density at radius 1 is 0.903 bits per heavy atom. The van der Waals surface area contributed by atoms with Crippen molar-refractivity contribution in [2.75, 3.05) is 6.61 Å². The largest absolute Gasteiger partial charge is 0.452 e. The summed E-state index contributed by atoms with van der Waals surface area (Å²) in [6.45, 7) is 14.4. The highest BCUT2D eigenvalue weighted by Gasteiger charge is 2.23. The standard InChI is InChI=1S/C27H37NO3/c1-19(13-14-20-11-9-8-10-12-20)28-24(29)18-31-25(30)21-15-22(26(2,3)4)17-23(16-21)27(5,6)7/h8-12,15-17,19H,13-14,18H2,1-7H3,(H,28,29)/t19-/m0/s1. The molecule has 0 saturated heterocycles. The van der Waals surface area contributed by atoms with Crippen LogP contribution >= 0.6 is 0 Å². The zero-order valence-electron chi connectivity index (χ0n) is 20.0. The third-order valence-corrected chi connectivity index (χ3v) is 5.35.